The van der Waals surface area contributed by atoms with Gasteiger partial charge in [-0.25, -0.2) is 0 Å². The molecule has 1 aromatic rings. The molecule has 1 aliphatic rings. The number of carboxylic acids is 1. The lowest BCUT2D eigenvalue weighted by molar-refractivity contribution is -0.138. The van der Waals surface area contributed by atoms with Crippen molar-refractivity contribution in [3.05, 3.63) is 11.9 Å². The van der Waals surface area contributed by atoms with E-state index in [1.165, 1.54) is 6.20 Å². The van der Waals surface area contributed by atoms with Crippen molar-refractivity contribution in [1.82, 2.24) is 20.3 Å². The van der Waals surface area contributed by atoms with Gasteiger partial charge in [0.05, 0.1) is 18.7 Å². The Kier molecular flexibility index (Phi) is 3.62. The van der Waals surface area contributed by atoms with E-state index in [9.17, 15) is 9.59 Å². The zero-order valence-electron chi connectivity index (χ0n) is 9.00. The number of carboxylic acid groups (broad SMARTS) is 1. The predicted octanol–water partition coefficient (Wildman–Crippen LogP) is -0.163. The number of hydrogen-bond donors (Lipinski definition) is 2. The fraction of sp³-hybridized carbons (Fsp3) is 0.556. The predicted molar refractivity (Wildman–Crippen MR) is 60.8 cm³/mol. The number of thioether (sulfide) groups is 1. The van der Waals surface area contributed by atoms with Gasteiger partial charge >= 0.3 is 5.97 Å². The molecule has 1 aliphatic heterocycles. The van der Waals surface area contributed by atoms with Crippen LogP contribution in [0.5, 0.6) is 0 Å². The minimum atomic E-state index is -0.893. The fourth-order valence-electron chi connectivity index (χ4n) is 1.74. The highest BCUT2D eigenvalue weighted by molar-refractivity contribution is 7.99. The van der Waals surface area contributed by atoms with Crippen LogP contribution in [-0.4, -0.2) is 61.4 Å². The number of nitrogens with zero attached hydrogens (tertiary/aromatic N) is 3. The van der Waals surface area contributed by atoms with Crippen LogP contribution >= 0.6 is 11.8 Å². The zero-order valence-corrected chi connectivity index (χ0v) is 9.81. The normalized spacial score (nSPS) is 20.2. The van der Waals surface area contributed by atoms with Crippen LogP contribution < -0.4 is 0 Å². The van der Waals surface area contributed by atoms with Crippen molar-refractivity contribution in [2.45, 2.75) is 12.5 Å². The van der Waals surface area contributed by atoms with Crippen LogP contribution in [-0.2, 0) is 4.79 Å². The molecular weight excluding hydrogens is 244 g/mol. The van der Waals surface area contributed by atoms with Crippen LogP contribution in [0.4, 0.5) is 0 Å². The van der Waals surface area contributed by atoms with Gasteiger partial charge in [-0.15, -0.1) is 0 Å². The summed E-state index contributed by atoms with van der Waals surface area (Å²) in [6, 6.07) is -0.268. The average molecular weight is 256 g/mol. The number of nitrogens with one attached hydrogen (secondary N) is 1. The molecule has 2 N–H and O–H groups in total. The lowest BCUT2D eigenvalue weighted by atomic mass is 10.2. The summed E-state index contributed by atoms with van der Waals surface area (Å²) < 4.78 is 0. The van der Waals surface area contributed by atoms with Crippen molar-refractivity contribution < 1.29 is 14.7 Å². The quantitative estimate of drug-likeness (QED) is 0.779. The summed E-state index contributed by atoms with van der Waals surface area (Å²) in [6.45, 7) is 0.550. The van der Waals surface area contributed by atoms with Gasteiger partial charge in [0.1, 0.15) is 0 Å². The average Bonchev–Trinajstić information content (AvgIpc) is 2.81. The van der Waals surface area contributed by atoms with E-state index in [0.29, 0.717) is 12.3 Å². The second-order valence-electron chi connectivity index (χ2n) is 3.68. The van der Waals surface area contributed by atoms with Crippen molar-refractivity contribution >= 4 is 23.6 Å². The first-order chi connectivity index (χ1) is 8.18. The minimum Gasteiger partial charge on any atom is -0.481 e. The molecule has 1 atom stereocenters. The summed E-state index contributed by atoms with van der Waals surface area (Å²) in [7, 11) is 0. The van der Waals surface area contributed by atoms with E-state index >= 15 is 0 Å². The van der Waals surface area contributed by atoms with Gasteiger partial charge in [0.2, 0.25) is 0 Å². The molecule has 0 radical (unpaired) electrons. The van der Waals surface area contributed by atoms with E-state index in [-0.39, 0.29) is 24.1 Å². The number of aromatic nitrogens is 3. The Morgan fingerprint density at radius 2 is 2.47 bits per heavy atom. The SMILES string of the molecule is O=C(O)CC1CSCCN1C(=O)c1cn[nH]n1. The summed E-state index contributed by atoms with van der Waals surface area (Å²) in [6.07, 6.45) is 1.32. The molecule has 1 aromatic heterocycles. The standard InChI is InChI=1S/C9H12N4O3S/c14-8(15)3-6-5-17-2-1-13(6)9(16)7-4-10-12-11-7/h4,6H,1-3,5H2,(H,14,15)(H,10,11,12). The number of aliphatic carboxylic acids is 1. The molecule has 8 heteroatoms. The first-order valence-electron chi connectivity index (χ1n) is 5.14. The third kappa shape index (κ3) is 2.76. The Morgan fingerprint density at radius 3 is 3.12 bits per heavy atom. The molecule has 1 unspecified atom stereocenters. The zero-order chi connectivity index (χ0) is 12.3. The molecule has 0 spiro atoms. The van der Waals surface area contributed by atoms with Crippen LogP contribution in [0.25, 0.3) is 0 Å². The maximum absolute atomic E-state index is 12.1. The van der Waals surface area contributed by atoms with Crippen molar-refractivity contribution in [1.29, 1.82) is 0 Å². The van der Waals surface area contributed by atoms with Gasteiger partial charge in [-0.3, -0.25) is 9.59 Å². The highest BCUT2D eigenvalue weighted by Crippen LogP contribution is 2.20. The lowest BCUT2D eigenvalue weighted by Gasteiger charge is -2.33. The lowest BCUT2D eigenvalue weighted by Crippen LogP contribution is -2.47. The minimum absolute atomic E-state index is 0.0312. The Balaban J connectivity index is 2.10. The third-order valence-electron chi connectivity index (χ3n) is 2.53. The third-order valence-corrected chi connectivity index (χ3v) is 3.62. The van der Waals surface area contributed by atoms with Gasteiger partial charge in [0, 0.05) is 18.1 Å². The molecule has 0 aromatic carbocycles. The topological polar surface area (TPSA) is 99.2 Å². The largest absolute Gasteiger partial charge is 0.481 e. The van der Waals surface area contributed by atoms with Gasteiger partial charge in [0.15, 0.2) is 5.69 Å². The maximum Gasteiger partial charge on any atom is 0.305 e. The van der Waals surface area contributed by atoms with Crippen LogP contribution in [0.15, 0.2) is 6.20 Å². The van der Waals surface area contributed by atoms with Gasteiger partial charge in [-0.1, -0.05) is 0 Å². The molecule has 1 amide bonds. The highest BCUT2D eigenvalue weighted by Gasteiger charge is 2.30. The van der Waals surface area contributed by atoms with E-state index in [4.69, 9.17) is 5.11 Å². The molecule has 17 heavy (non-hydrogen) atoms. The Hall–Kier alpha value is -1.57. The summed E-state index contributed by atoms with van der Waals surface area (Å²) in [4.78, 5) is 24.4. The molecule has 0 bridgehead atoms. The van der Waals surface area contributed by atoms with Crippen LogP contribution in [0.3, 0.4) is 0 Å². The summed E-state index contributed by atoms with van der Waals surface area (Å²) >= 11 is 1.66. The summed E-state index contributed by atoms with van der Waals surface area (Å²) in [5.41, 5.74) is 0.229. The number of carbonyl (C=O) groups is 2. The summed E-state index contributed by atoms with van der Waals surface area (Å²) in [5.74, 6) is 0.316. The van der Waals surface area contributed by atoms with Crippen molar-refractivity contribution in [3.63, 3.8) is 0 Å². The number of carbonyl (C=O) groups excluding carboxylic acids is 1. The molecule has 0 saturated carbocycles. The number of rotatable bonds is 3. The number of amides is 1. The number of H-pyrrole nitrogens is 1. The highest BCUT2D eigenvalue weighted by atomic mass is 32.2. The van der Waals surface area contributed by atoms with E-state index in [0.717, 1.165) is 5.75 Å². The molecule has 92 valence electrons. The molecule has 2 heterocycles. The van der Waals surface area contributed by atoms with Gasteiger partial charge in [-0.2, -0.15) is 27.2 Å². The maximum atomic E-state index is 12.1. The molecule has 0 aliphatic carbocycles. The Labute approximate surface area is 102 Å². The van der Waals surface area contributed by atoms with Crippen molar-refractivity contribution in [2.75, 3.05) is 18.1 Å². The molecular formula is C9H12N4O3S. The van der Waals surface area contributed by atoms with Crippen LogP contribution in [0, 0.1) is 0 Å². The molecule has 1 fully saturated rings. The smallest absolute Gasteiger partial charge is 0.305 e. The van der Waals surface area contributed by atoms with E-state index in [1.54, 1.807) is 16.7 Å². The first-order valence-corrected chi connectivity index (χ1v) is 6.30. The first kappa shape index (κ1) is 11.9. The van der Waals surface area contributed by atoms with E-state index in [1.807, 2.05) is 0 Å². The van der Waals surface area contributed by atoms with Crippen LogP contribution in [0.1, 0.15) is 16.9 Å². The second-order valence-corrected chi connectivity index (χ2v) is 4.83. The number of hydrogen-bond acceptors (Lipinski definition) is 5. The molecule has 1 saturated heterocycles. The monoisotopic (exact) mass is 256 g/mol. The van der Waals surface area contributed by atoms with Gasteiger partial charge in [-0.05, 0) is 0 Å². The molecule has 2 rings (SSSR count). The Bertz CT molecular complexity index is 408. The van der Waals surface area contributed by atoms with E-state index in [2.05, 4.69) is 15.4 Å². The Morgan fingerprint density at radius 1 is 1.65 bits per heavy atom. The second kappa shape index (κ2) is 5.17. The van der Waals surface area contributed by atoms with Crippen molar-refractivity contribution in [2.24, 2.45) is 0 Å². The van der Waals surface area contributed by atoms with E-state index < -0.39 is 5.97 Å². The summed E-state index contributed by atoms with van der Waals surface area (Å²) in [5, 5.41) is 18.5. The fourth-order valence-corrected chi connectivity index (χ4v) is 2.81. The van der Waals surface area contributed by atoms with Gasteiger partial charge < -0.3 is 10.0 Å². The number of aromatic amines is 1. The molecule has 7 nitrogen and oxygen atoms in total. The van der Waals surface area contributed by atoms with Crippen LogP contribution in [0.2, 0.25) is 0 Å². The van der Waals surface area contributed by atoms with Crippen molar-refractivity contribution in [3.8, 4) is 0 Å². The van der Waals surface area contributed by atoms with Gasteiger partial charge in [0.25, 0.3) is 5.91 Å².